The Labute approximate surface area is 91.8 Å². The van der Waals surface area contributed by atoms with Crippen molar-refractivity contribution in [3.8, 4) is 18.1 Å². The Kier molecular flexibility index (Phi) is 2.76. The molecule has 1 heterocycles. The van der Waals surface area contributed by atoms with E-state index in [0.29, 0.717) is 12.3 Å². The van der Waals surface area contributed by atoms with Crippen LogP contribution in [0.25, 0.3) is 0 Å². The summed E-state index contributed by atoms with van der Waals surface area (Å²) in [5.41, 5.74) is 1.14. The molecular formula is C11H11NO2S. The van der Waals surface area contributed by atoms with E-state index in [2.05, 4.69) is 5.92 Å². The second-order valence-corrected chi connectivity index (χ2v) is 4.47. The summed E-state index contributed by atoms with van der Waals surface area (Å²) >= 11 is -1.46. The molecule has 3 atom stereocenters. The van der Waals surface area contributed by atoms with E-state index < -0.39 is 11.3 Å². The third-order valence-corrected chi connectivity index (χ3v) is 3.26. The molecule has 0 amide bonds. The van der Waals surface area contributed by atoms with Gasteiger partial charge in [-0.2, -0.15) is 8.51 Å². The zero-order valence-corrected chi connectivity index (χ0v) is 9.16. The molecule has 0 aliphatic carbocycles. The van der Waals surface area contributed by atoms with Gasteiger partial charge in [-0.05, 0) is 19.1 Å². The second kappa shape index (κ2) is 4.05. The summed E-state index contributed by atoms with van der Waals surface area (Å²) in [5.74, 6) is 3.12. The highest BCUT2D eigenvalue weighted by Crippen LogP contribution is 2.22. The van der Waals surface area contributed by atoms with Crippen LogP contribution in [0, 0.1) is 19.3 Å². The Morgan fingerprint density at radius 3 is 2.73 bits per heavy atom. The average molecular weight is 221 g/mol. The maximum Gasteiger partial charge on any atom is 0.292 e. The minimum atomic E-state index is -1.46. The molecule has 0 N–H and O–H groups in total. The molecule has 0 bridgehead atoms. The van der Waals surface area contributed by atoms with Gasteiger partial charge in [-0.3, -0.25) is 0 Å². The van der Waals surface area contributed by atoms with Crippen molar-refractivity contribution in [2.45, 2.75) is 13.0 Å². The van der Waals surface area contributed by atoms with Gasteiger partial charge >= 0.3 is 0 Å². The molecule has 1 aliphatic rings. The molecule has 0 spiro atoms. The number of rotatable bonds is 3. The Morgan fingerprint density at radius 2 is 2.20 bits per heavy atom. The molecule has 0 saturated carbocycles. The lowest BCUT2D eigenvalue weighted by Gasteiger charge is -2.04. The summed E-state index contributed by atoms with van der Waals surface area (Å²) in [6.07, 6.45) is 5.19. The minimum absolute atomic E-state index is 0.0312. The van der Waals surface area contributed by atoms with Crippen molar-refractivity contribution < 1.29 is 8.39 Å². The van der Waals surface area contributed by atoms with Crippen LogP contribution in [0.5, 0.6) is 5.75 Å². The molecule has 0 radical (unpaired) electrons. The van der Waals surface area contributed by atoms with Crippen molar-refractivity contribution in [1.29, 1.82) is 0 Å². The van der Waals surface area contributed by atoms with Gasteiger partial charge in [0.1, 0.15) is 11.8 Å². The highest BCUT2D eigenvalue weighted by molar-refractivity contribution is 7.78. The molecule has 2 rings (SSSR count). The topological polar surface area (TPSA) is 29.3 Å². The number of benzene rings is 1. The van der Waals surface area contributed by atoms with E-state index >= 15 is 0 Å². The van der Waals surface area contributed by atoms with E-state index in [4.69, 9.17) is 10.6 Å². The van der Waals surface area contributed by atoms with Gasteiger partial charge in [0.25, 0.3) is 11.3 Å². The first-order valence-electron chi connectivity index (χ1n) is 4.60. The third kappa shape index (κ3) is 2.38. The van der Waals surface area contributed by atoms with Crippen molar-refractivity contribution in [3.63, 3.8) is 0 Å². The normalized spacial score (nSPS) is 25.3. The Balaban J connectivity index is 1.96. The van der Waals surface area contributed by atoms with E-state index in [1.807, 2.05) is 19.1 Å². The fraction of sp³-hybridized carbons (Fsp3) is 0.273. The summed E-state index contributed by atoms with van der Waals surface area (Å²) in [7, 11) is 0. The van der Waals surface area contributed by atoms with Crippen LogP contribution in [-0.4, -0.2) is 21.1 Å². The highest BCUT2D eigenvalue weighted by Gasteiger charge is 2.39. The Bertz CT molecular complexity index is 421. The predicted octanol–water partition coefficient (Wildman–Crippen LogP) is 1.27. The maximum absolute atomic E-state index is 11.5. The van der Waals surface area contributed by atoms with Crippen molar-refractivity contribution in [1.82, 2.24) is 4.31 Å². The largest absolute Gasteiger partial charge is 0.389 e. The van der Waals surface area contributed by atoms with Crippen molar-refractivity contribution in [2.75, 3.05) is 6.54 Å². The lowest BCUT2D eigenvalue weighted by atomic mass is 10.2. The first-order valence-corrected chi connectivity index (χ1v) is 5.63. The van der Waals surface area contributed by atoms with Gasteiger partial charge in [0.15, 0.2) is 0 Å². The van der Waals surface area contributed by atoms with Crippen molar-refractivity contribution in [3.05, 3.63) is 29.8 Å². The number of hydrogen-bond donors (Lipinski definition) is 0. The number of aryl methyl sites for hydroxylation is 1. The van der Waals surface area contributed by atoms with Crippen LogP contribution in [0.15, 0.2) is 24.3 Å². The molecule has 1 fully saturated rings. The predicted molar refractivity (Wildman–Crippen MR) is 59.3 cm³/mol. The molecule has 1 aromatic carbocycles. The van der Waals surface area contributed by atoms with E-state index in [1.165, 1.54) is 0 Å². The lowest BCUT2D eigenvalue weighted by molar-refractivity contribution is 0.526. The summed E-state index contributed by atoms with van der Waals surface area (Å²) in [4.78, 5) is 0. The Morgan fingerprint density at radius 1 is 1.53 bits per heavy atom. The van der Waals surface area contributed by atoms with E-state index in [1.54, 1.807) is 16.4 Å². The molecule has 1 saturated heterocycles. The van der Waals surface area contributed by atoms with Crippen LogP contribution in [0.1, 0.15) is 5.56 Å². The SMILES string of the molecule is C#CC1CN1S(=O)Oc1ccc(C)cc1. The summed E-state index contributed by atoms with van der Waals surface area (Å²) in [6.45, 7) is 2.63. The molecule has 4 heteroatoms. The van der Waals surface area contributed by atoms with Gasteiger partial charge in [0, 0.05) is 6.54 Å². The van der Waals surface area contributed by atoms with Gasteiger partial charge in [-0.15, -0.1) is 6.42 Å². The van der Waals surface area contributed by atoms with Crippen LogP contribution >= 0.6 is 0 Å². The van der Waals surface area contributed by atoms with Crippen molar-refractivity contribution in [2.24, 2.45) is 0 Å². The number of hydrogen-bond acceptors (Lipinski definition) is 2. The van der Waals surface area contributed by atoms with Gasteiger partial charge < -0.3 is 4.18 Å². The van der Waals surface area contributed by atoms with Gasteiger partial charge in [0.2, 0.25) is 0 Å². The molecule has 3 unspecified atom stereocenters. The van der Waals surface area contributed by atoms with E-state index in [-0.39, 0.29) is 6.04 Å². The summed E-state index contributed by atoms with van der Waals surface area (Å²) in [6, 6.07) is 7.38. The molecule has 15 heavy (non-hydrogen) atoms. The third-order valence-electron chi connectivity index (χ3n) is 2.14. The van der Waals surface area contributed by atoms with Crippen LogP contribution in [0.4, 0.5) is 0 Å². The first kappa shape index (κ1) is 10.2. The fourth-order valence-corrected chi connectivity index (χ4v) is 2.05. The molecule has 78 valence electrons. The minimum Gasteiger partial charge on any atom is -0.389 e. The fourth-order valence-electron chi connectivity index (χ4n) is 1.15. The zero-order valence-electron chi connectivity index (χ0n) is 8.34. The smallest absolute Gasteiger partial charge is 0.292 e. The average Bonchev–Trinajstić information content (AvgIpc) is 3.00. The van der Waals surface area contributed by atoms with Gasteiger partial charge in [-0.25, -0.2) is 0 Å². The van der Waals surface area contributed by atoms with Gasteiger partial charge in [0.05, 0.1) is 0 Å². The lowest BCUT2D eigenvalue weighted by Crippen LogP contribution is -2.11. The van der Waals surface area contributed by atoms with Crippen molar-refractivity contribution >= 4 is 11.3 Å². The second-order valence-electron chi connectivity index (χ2n) is 3.40. The summed E-state index contributed by atoms with van der Waals surface area (Å²) in [5, 5.41) is 0. The Hall–Kier alpha value is -1.31. The van der Waals surface area contributed by atoms with E-state index in [0.717, 1.165) is 5.56 Å². The number of nitrogens with zero attached hydrogens (tertiary/aromatic N) is 1. The molecule has 3 nitrogen and oxygen atoms in total. The molecular weight excluding hydrogens is 210 g/mol. The van der Waals surface area contributed by atoms with Crippen LogP contribution in [0.2, 0.25) is 0 Å². The monoisotopic (exact) mass is 221 g/mol. The highest BCUT2D eigenvalue weighted by atomic mass is 32.2. The molecule has 1 aromatic rings. The standard InChI is InChI=1S/C11H11NO2S/c1-3-10-8-12(10)15(13)14-11-6-4-9(2)5-7-11/h1,4-7,10H,8H2,2H3. The number of terminal acetylenes is 1. The van der Waals surface area contributed by atoms with Crippen LogP contribution in [-0.2, 0) is 11.3 Å². The molecule has 1 aliphatic heterocycles. The summed E-state index contributed by atoms with van der Waals surface area (Å²) < 4.78 is 18.4. The van der Waals surface area contributed by atoms with Crippen LogP contribution < -0.4 is 4.18 Å². The van der Waals surface area contributed by atoms with Crippen LogP contribution in [0.3, 0.4) is 0 Å². The van der Waals surface area contributed by atoms with Gasteiger partial charge in [-0.1, -0.05) is 23.6 Å². The molecule has 0 aromatic heterocycles. The quantitative estimate of drug-likeness (QED) is 0.568. The first-order chi connectivity index (χ1) is 7.20. The van der Waals surface area contributed by atoms with E-state index in [9.17, 15) is 4.21 Å². The zero-order chi connectivity index (χ0) is 10.8. The maximum atomic E-state index is 11.5.